The third kappa shape index (κ3) is 31.4. The Kier molecular flexibility index (Phi) is 44.6. The Labute approximate surface area is 379 Å². The van der Waals surface area contributed by atoms with Gasteiger partial charge in [-0.3, -0.25) is 19.3 Å². The molecule has 0 bridgehead atoms. The number of carbonyl (C=O) groups is 3. The molecule has 7 heteroatoms. The molecule has 1 atom stereocenters. The van der Waals surface area contributed by atoms with Gasteiger partial charge in [0.2, 0.25) is 0 Å². The molecule has 0 saturated carbocycles. The van der Waals surface area contributed by atoms with E-state index in [1.807, 2.05) is 0 Å². The molecule has 0 spiro atoms. The minimum Gasteiger partial charge on any atom is -0.395 e. The summed E-state index contributed by atoms with van der Waals surface area (Å²) in [5, 5.41) is 32.3. The predicted molar refractivity (Wildman–Crippen MR) is 260 cm³/mol. The zero-order valence-electron chi connectivity index (χ0n) is 41.1. The van der Waals surface area contributed by atoms with Crippen LogP contribution in [0.1, 0.15) is 290 Å². The van der Waals surface area contributed by atoms with Crippen molar-refractivity contribution in [3.63, 3.8) is 0 Å². The molecule has 0 aromatic heterocycles. The zero-order valence-corrected chi connectivity index (χ0v) is 41.1. The Morgan fingerprint density at radius 1 is 0.361 bits per heavy atom. The Bertz CT molecular complexity index is 923. The number of ketones is 3. The maximum absolute atomic E-state index is 14.5. The lowest BCUT2D eigenvalue weighted by atomic mass is 9.75. The lowest BCUT2D eigenvalue weighted by Crippen LogP contribution is -2.69. The summed E-state index contributed by atoms with van der Waals surface area (Å²) in [6, 6.07) is 0. The molecule has 0 aliphatic carbocycles. The highest BCUT2D eigenvalue weighted by Gasteiger charge is 2.56. The molecule has 0 rings (SSSR count). The third-order valence-electron chi connectivity index (χ3n) is 13.3. The highest BCUT2D eigenvalue weighted by molar-refractivity contribution is 6.16. The van der Waals surface area contributed by atoms with Crippen LogP contribution in [0.25, 0.3) is 0 Å². The SMILES string of the molecule is CCCCCCCCCCCCCCCC(=O)C(O)C(C(=O)CCCCCCCCCCCCCCC)(C(=O)CCCCCCCCCCCCCCC)N(CCO)CCO. The number of rotatable bonds is 51. The summed E-state index contributed by atoms with van der Waals surface area (Å²) in [6.07, 6.45) is 44.4. The first-order chi connectivity index (χ1) is 29.9. The summed E-state index contributed by atoms with van der Waals surface area (Å²) in [7, 11) is 0. The van der Waals surface area contributed by atoms with E-state index in [9.17, 15) is 29.7 Å². The monoisotopic (exact) mass is 864 g/mol. The number of carbonyl (C=O) groups excluding carboxylic acids is 3. The highest BCUT2D eigenvalue weighted by atomic mass is 16.3. The smallest absolute Gasteiger partial charge is 0.172 e. The van der Waals surface area contributed by atoms with Crippen LogP contribution in [0.15, 0.2) is 0 Å². The van der Waals surface area contributed by atoms with E-state index < -0.39 is 29.0 Å². The lowest BCUT2D eigenvalue weighted by molar-refractivity contribution is -0.161. The maximum Gasteiger partial charge on any atom is 0.172 e. The minimum absolute atomic E-state index is 0.0711. The molecule has 1 unspecified atom stereocenters. The molecule has 61 heavy (non-hydrogen) atoms. The summed E-state index contributed by atoms with van der Waals surface area (Å²) in [5.74, 6) is -1.33. The van der Waals surface area contributed by atoms with Gasteiger partial charge in [-0.15, -0.1) is 0 Å². The molecule has 0 aromatic rings. The van der Waals surface area contributed by atoms with Gasteiger partial charge in [-0.2, -0.15) is 0 Å². The number of hydrogen-bond donors (Lipinski definition) is 3. The molecule has 0 fully saturated rings. The average molecular weight is 864 g/mol. The van der Waals surface area contributed by atoms with Crippen molar-refractivity contribution in [2.24, 2.45) is 0 Å². The number of β-amino-alcohol motifs (C(OH)–C–C–N with tert-alkyl or cyclic N) is 2. The van der Waals surface area contributed by atoms with Gasteiger partial charge in [-0.1, -0.05) is 252 Å². The summed E-state index contributed by atoms with van der Waals surface area (Å²) >= 11 is 0. The zero-order chi connectivity index (χ0) is 44.9. The normalized spacial score (nSPS) is 12.4. The number of hydrogen-bond acceptors (Lipinski definition) is 7. The van der Waals surface area contributed by atoms with Gasteiger partial charge in [0.1, 0.15) is 6.10 Å². The number of aliphatic hydroxyl groups is 3. The third-order valence-corrected chi connectivity index (χ3v) is 13.3. The van der Waals surface area contributed by atoms with E-state index in [2.05, 4.69) is 20.8 Å². The van der Waals surface area contributed by atoms with Crippen LogP contribution in [0.5, 0.6) is 0 Å². The fourth-order valence-corrected chi connectivity index (χ4v) is 9.37. The van der Waals surface area contributed by atoms with Crippen molar-refractivity contribution < 1.29 is 29.7 Å². The van der Waals surface area contributed by atoms with Gasteiger partial charge < -0.3 is 15.3 Å². The van der Waals surface area contributed by atoms with Crippen LogP contribution < -0.4 is 0 Å². The summed E-state index contributed by atoms with van der Waals surface area (Å²) in [6.45, 7) is 5.92. The molecule has 0 aromatic carbocycles. The van der Waals surface area contributed by atoms with Gasteiger partial charge in [-0.25, -0.2) is 0 Å². The second-order valence-electron chi connectivity index (χ2n) is 18.9. The molecule has 3 N–H and O–H groups in total. The Morgan fingerprint density at radius 3 is 0.803 bits per heavy atom. The number of nitrogens with zero attached hydrogens (tertiary/aromatic N) is 1. The minimum atomic E-state index is -2.08. The quantitative estimate of drug-likeness (QED) is 0.0412. The molecular weight excluding hydrogens is 759 g/mol. The predicted octanol–water partition coefficient (Wildman–Crippen LogP) is 14.5. The summed E-state index contributed by atoms with van der Waals surface area (Å²) in [4.78, 5) is 44.4. The van der Waals surface area contributed by atoms with Gasteiger partial charge in [-0.05, 0) is 19.3 Å². The van der Waals surface area contributed by atoms with Crippen molar-refractivity contribution in [2.45, 2.75) is 302 Å². The van der Waals surface area contributed by atoms with Crippen LogP contribution in [0.4, 0.5) is 0 Å². The van der Waals surface area contributed by atoms with E-state index in [0.29, 0.717) is 19.3 Å². The first-order valence-electron chi connectivity index (χ1n) is 27.1. The largest absolute Gasteiger partial charge is 0.395 e. The topological polar surface area (TPSA) is 115 Å². The van der Waals surface area contributed by atoms with Crippen LogP contribution in [0, 0.1) is 0 Å². The number of unbranched alkanes of at least 4 members (excludes halogenated alkanes) is 36. The fourth-order valence-electron chi connectivity index (χ4n) is 9.37. The Balaban J connectivity index is 5.40. The highest BCUT2D eigenvalue weighted by Crippen LogP contribution is 2.31. The van der Waals surface area contributed by atoms with Crippen molar-refractivity contribution in [2.75, 3.05) is 26.3 Å². The van der Waals surface area contributed by atoms with E-state index in [1.54, 1.807) is 0 Å². The van der Waals surface area contributed by atoms with E-state index in [0.717, 1.165) is 57.8 Å². The number of Topliss-reactive ketones (excluding diaryl/α,β-unsaturated/α-hetero) is 3. The van der Waals surface area contributed by atoms with Crippen LogP contribution in [-0.2, 0) is 14.4 Å². The summed E-state index contributed by atoms with van der Waals surface area (Å²) in [5.41, 5.74) is -2.08. The summed E-state index contributed by atoms with van der Waals surface area (Å²) < 4.78 is 0. The van der Waals surface area contributed by atoms with Crippen molar-refractivity contribution in [3.8, 4) is 0 Å². The Morgan fingerprint density at radius 2 is 0.574 bits per heavy atom. The average Bonchev–Trinajstić information content (AvgIpc) is 3.26. The second kappa shape index (κ2) is 45.4. The molecular formula is C54H105NO6. The number of aliphatic hydroxyl groups excluding tert-OH is 3. The van der Waals surface area contributed by atoms with Crippen LogP contribution in [0.3, 0.4) is 0 Å². The Hall–Kier alpha value is -1.15. The second-order valence-corrected chi connectivity index (χ2v) is 18.9. The maximum atomic E-state index is 14.5. The van der Waals surface area contributed by atoms with Crippen LogP contribution >= 0.6 is 0 Å². The van der Waals surface area contributed by atoms with E-state index in [-0.39, 0.29) is 45.6 Å². The van der Waals surface area contributed by atoms with Crippen LogP contribution in [0.2, 0.25) is 0 Å². The molecule has 0 amide bonds. The lowest BCUT2D eigenvalue weighted by Gasteiger charge is -2.44. The van der Waals surface area contributed by atoms with Gasteiger partial charge >= 0.3 is 0 Å². The van der Waals surface area contributed by atoms with E-state index in [4.69, 9.17) is 0 Å². The molecule has 0 aliphatic rings. The van der Waals surface area contributed by atoms with E-state index >= 15 is 0 Å². The van der Waals surface area contributed by atoms with Gasteiger partial charge in [0, 0.05) is 32.4 Å². The molecule has 0 aliphatic heterocycles. The van der Waals surface area contributed by atoms with Gasteiger partial charge in [0.25, 0.3) is 0 Å². The van der Waals surface area contributed by atoms with Crippen LogP contribution in [-0.4, -0.2) is 75.5 Å². The molecule has 7 nitrogen and oxygen atoms in total. The molecule has 0 heterocycles. The molecule has 0 saturated heterocycles. The fraction of sp³-hybridized carbons (Fsp3) is 0.944. The van der Waals surface area contributed by atoms with Gasteiger partial charge in [0.15, 0.2) is 22.9 Å². The first-order valence-corrected chi connectivity index (χ1v) is 27.1. The van der Waals surface area contributed by atoms with E-state index in [1.165, 1.54) is 178 Å². The van der Waals surface area contributed by atoms with Crippen molar-refractivity contribution in [3.05, 3.63) is 0 Å². The van der Waals surface area contributed by atoms with Crippen molar-refractivity contribution in [1.29, 1.82) is 0 Å². The first kappa shape index (κ1) is 59.9. The van der Waals surface area contributed by atoms with Crippen molar-refractivity contribution in [1.82, 2.24) is 4.90 Å². The standard InChI is InChI=1S/C54H105NO6/c1-4-7-10-13-16-19-22-25-28-31-34-37-40-43-50(58)53(61)54(55(46-48-56)47-49-57,51(59)44-41-38-35-32-29-26-23-20-17-14-11-8-5-2)52(60)45-42-39-36-33-30-27-24-21-18-15-12-9-6-3/h53,56-57,61H,4-49H2,1-3H3. The van der Waals surface area contributed by atoms with Crippen molar-refractivity contribution >= 4 is 17.3 Å². The molecule has 0 radical (unpaired) electrons. The molecule has 362 valence electrons. The van der Waals surface area contributed by atoms with Gasteiger partial charge in [0.05, 0.1) is 13.2 Å².